The molecule has 0 bridgehead atoms. The SMILES string of the molecule is CS(=O)(=O)CCOc1ccc(F)cc1CNC1CC1. The highest BCUT2D eigenvalue weighted by Crippen LogP contribution is 2.23. The number of hydrogen-bond donors (Lipinski definition) is 1. The molecule has 1 aliphatic carbocycles. The standard InChI is InChI=1S/C13H18FNO3S/c1-19(16,17)7-6-18-13-5-2-11(14)8-10(13)9-15-12-3-4-12/h2,5,8,12,15H,3-4,6-7,9H2,1H3. The first-order valence-electron chi connectivity index (χ1n) is 6.26. The molecule has 1 aromatic rings. The molecule has 1 saturated carbocycles. The summed E-state index contributed by atoms with van der Waals surface area (Å²) in [6.07, 6.45) is 3.47. The Morgan fingerprint density at radius 1 is 1.42 bits per heavy atom. The van der Waals surface area contributed by atoms with E-state index in [9.17, 15) is 12.8 Å². The van der Waals surface area contributed by atoms with Crippen molar-refractivity contribution in [3.05, 3.63) is 29.6 Å². The molecule has 4 nitrogen and oxygen atoms in total. The average Bonchev–Trinajstić information content (AvgIpc) is 3.11. The van der Waals surface area contributed by atoms with Crippen LogP contribution < -0.4 is 10.1 Å². The molecule has 0 aromatic heterocycles. The van der Waals surface area contributed by atoms with Crippen LogP contribution in [0.25, 0.3) is 0 Å². The minimum Gasteiger partial charge on any atom is -0.492 e. The molecule has 19 heavy (non-hydrogen) atoms. The van der Waals surface area contributed by atoms with Crippen LogP contribution in [0.2, 0.25) is 0 Å². The zero-order chi connectivity index (χ0) is 13.9. The number of nitrogens with one attached hydrogen (secondary N) is 1. The van der Waals surface area contributed by atoms with Gasteiger partial charge in [0.15, 0.2) is 9.84 Å². The lowest BCUT2D eigenvalue weighted by Gasteiger charge is -2.12. The van der Waals surface area contributed by atoms with Gasteiger partial charge in [0.2, 0.25) is 0 Å². The quantitative estimate of drug-likeness (QED) is 0.826. The molecule has 0 amide bonds. The molecule has 0 spiro atoms. The molecule has 0 aliphatic heterocycles. The summed E-state index contributed by atoms with van der Waals surface area (Å²) in [5, 5.41) is 3.28. The van der Waals surface area contributed by atoms with Crippen LogP contribution in [-0.4, -0.2) is 33.1 Å². The number of ether oxygens (including phenoxy) is 1. The first-order chi connectivity index (χ1) is 8.94. The average molecular weight is 287 g/mol. The smallest absolute Gasteiger partial charge is 0.150 e. The van der Waals surface area contributed by atoms with Gasteiger partial charge in [0.1, 0.15) is 18.2 Å². The highest BCUT2D eigenvalue weighted by Gasteiger charge is 2.20. The number of rotatable bonds is 7. The van der Waals surface area contributed by atoms with E-state index in [1.54, 1.807) is 6.07 Å². The Morgan fingerprint density at radius 3 is 2.79 bits per heavy atom. The van der Waals surface area contributed by atoms with Gasteiger partial charge in [-0.15, -0.1) is 0 Å². The highest BCUT2D eigenvalue weighted by molar-refractivity contribution is 7.90. The maximum atomic E-state index is 13.2. The summed E-state index contributed by atoms with van der Waals surface area (Å²) in [5.74, 6) is 0.182. The molecule has 0 unspecified atom stereocenters. The lowest BCUT2D eigenvalue weighted by Crippen LogP contribution is -2.17. The van der Waals surface area contributed by atoms with Crippen molar-refractivity contribution in [3.8, 4) is 5.75 Å². The number of hydrogen-bond acceptors (Lipinski definition) is 4. The molecule has 6 heteroatoms. The van der Waals surface area contributed by atoms with E-state index in [2.05, 4.69) is 5.32 Å². The van der Waals surface area contributed by atoms with E-state index < -0.39 is 9.84 Å². The van der Waals surface area contributed by atoms with Crippen LogP contribution in [0.3, 0.4) is 0 Å². The molecule has 0 radical (unpaired) electrons. The monoisotopic (exact) mass is 287 g/mol. The molecule has 106 valence electrons. The fraction of sp³-hybridized carbons (Fsp3) is 0.538. The van der Waals surface area contributed by atoms with Gasteiger partial charge >= 0.3 is 0 Å². The Morgan fingerprint density at radius 2 is 2.16 bits per heavy atom. The second kappa shape index (κ2) is 5.88. The lowest BCUT2D eigenvalue weighted by atomic mass is 10.2. The van der Waals surface area contributed by atoms with E-state index in [0.717, 1.165) is 24.7 Å². The third-order valence-corrected chi connectivity index (χ3v) is 3.80. The van der Waals surface area contributed by atoms with E-state index in [1.807, 2.05) is 0 Å². The van der Waals surface area contributed by atoms with Gasteiger partial charge in [0.05, 0.1) is 5.75 Å². The summed E-state index contributed by atoms with van der Waals surface area (Å²) in [6, 6.07) is 4.80. The van der Waals surface area contributed by atoms with Crippen molar-refractivity contribution in [3.63, 3.8) is 0 Å². The third kappa shape index (κ3) is 5.16. The fourth-order valence-corrected chi connectivity index (χ4v) is 2.06. The van der Waals surface area contributed by atoms with Gasteiger partial charge < -0.3 is 10.1 Å². The van der Waals surface area contributed by atoms with E-state index in [-0.39, 0.29) is 18.2 Å². The summed E-state index contributed by atoms with van der Waals surface area (Å²) >= 11 is 0. The minimum atomic E-state index is -3.05. The third-order valence-electron chi connectivity index (χ3n) is 2.89. The van der Waals surface area contributed by atoms with E-state index in [0.29, 0.717) is 18.3 Å². The summed E-state index contributed by atoms with van der Waals surface area (Å²) < 4.78 is 40.7. The van der Waals surface area contributed by atoms with Crippen molar-refractivity contribution in [2.75, 3.05) is 18.6 Å². The van der Waals surface area contributed by atoms with Gasteiger partial charge in [0.25, 0.3) is 0 Å². The second-order valence-electron chi connectivity index (χ2n) is 4.89. The Kier molecular flexibility index (Phi) is 4.42. The van der Waals surface area contributed by atoms with Crippen molar-refractivity contribution >= 4 is 9.84 Å². The van der Waals surface area contributed by atoms with Crippen LogP contribution in [0.1, 0.15) is 18.4 Å². The Hall–Kier alpha value is -1.14. The van der Waals surface area contributed by atoms with Gasteiger partial charge in [-0.2, -0.15) is 0 Å². The Bertz CT molecular complexity index is 541. The number of halogens is 1. The lowest BCUT2D eigenvalue weighted by molar-refractivity contribution is 0.335. The van der Waals surface area contributed by atoms with Crippen molar-refractivity contribution in [1.29, 1.82) is 0 Å². The van der Waals surface area contributed by atoms with E-state index in [4.69, 9.17) is 4.74 Å². The van der Waals surface area contributed by atoms with Crippen LogP contribution in [0, 0.1) is 5.82 Å². The van der Waals surface area contributed by atoms with Crippen LogP contribution in [0.5, 0.6) is 5.75 Å². The molecule has 0 saturated heterocycles. The molecule has 2 rings (SSSR count). The van der Waals surface area contributed by atoms with Gasteiger partial charge in [-0.1, -0.05) is 0 Å². The topological polar surface area (TPSA) is 55.4 Å². The zero-order valence-electron chi connectivity index (χ0n) is 10.9. The Labute approximate surface area is 112 Å². The van der Waals surface area contributed by atoms with Crippen LogP contribution in [0.4, 0.5) is 4.39 Å². The largest absolute Gasteiger partial charge is 0.492 e. The van der Waals surface area contributed by atoms with Gasteiger partial charge in [-0.3, -0.25) is 0 Å². The number of sulfone groups is 1. The van der Waals surface area contributed by atoms with Crippen molar-refractivity contribution in [2.24, 2.45) is 0 Å². The predicted octanol–water partition coefficient (Wildman–Crippen LogP) is 1.50. The highest BCUT2D eigenvalue weighted by atomic mass is 32.2. The van der Waals surface area contributed by atoms with E-state index >= 15 is 0 Å². The van der Waals surface area contributed by atoms with Gasteiger partial charge in [-0.05, 0) is 31.0 Å². The molecule has 0 atom stereocenters. The molecule has 1 aliphatic rings. The maximum absolute atomic E-state index is 13.2. The van der Waals surface area contributed by atoms with Gasteiger partial charge in [-0.25, -0.2) is 12.8 Å². The maximum Gasteiger partial charge on any atom is 0.150 e. The Balaban J connectivity index is 1.96. The molecule has 1 aromatic carbocycles. The molecule has 1 fully saturated rings. The van der Waals surface area contributed by atoms with Crippen molar-refractivity contribution < 1.29 is 17.5 Å². The molecule has 0 heterocycles. The minimum absolute atomic E-state index is 0.0418. The van der Waals surface area contributed by atoms with E-state index in [1.165, 1.54) is 12.1 Å². The summed E-state index contributed by atoms with van der Waals surface area (Å²) in [4.78, 5) is 0. The van der Waals surface area contributed by atoms with Crippen LogP contribution >= 0.6 is 0 Å². The second-order valence-corrected chi connectivity index (χ2v) is 7.15. The molecular formula is C13H18FNO3S. The zero-order valence-corrected chi connectivity index (χ0v) is 11.7. The summed E-state index contributed by atoms with van der Waals surface area (Å²) in [6.45, 7) is 0.623. The van der Waals surface area contributed by atoms with Gasteiger partial charge in [0, 0.05) is 24.4 Å². The first-order valence-corrected chi connectivity index (χ1v) is 8.32. The van der Waals surface area contributed by atoms with Crippen molar-refractivity contribution in [2.45, 2.75) is 25.4 Å². The van der Waals surface area contributed by atoms with Crippen LogP contribution in [-0.2, 0) is 16.4 Å². The number of benzene rings is 1. The molecule has 1 N–H and O–H groups in total. The summed E-state index contributed by atoms with van der Waals surface area (Å²) in [5.41, 5.74) is 0.723. The fourth-order valence-electron chi connectivity index (χ4n) is 1.67. The molecular weight excluding hydrogens is 269 g/mol. The predicted molar refractivity (Wildman–Crippen MR) is 71.5 cm³/mol. The van der Waals surface area contributed by atoms with Crippen LogP contribution in [0.15, 0.2) is 18.2 Å². The first kappa shape index (κ1) is 14.3. The summed E-state index contributed by atoms with van der Waals surface area (Å²) in [7, 11) is -3.05. The van der Waals surface area contributed by atoms with Crippen molar-refractivity contribution in [1.82, 2.24) is 5.32 Å². The normalized spacial score (nSPS) is 15.5.